The molecule has 20 heavy (non-hydrogen) atoms. The fourth-order valence-corrected chi connectivity index (χ4v) is 2.37. The lowest BCUT2D eigenvalue weighted by Crippen LogP contribution is -2.15. The highest BCUT2D eigenvalue weighted by atomic mass is 16.1. The standard InChI is InChI=1S/C17H16N2O/c1-12-8-10-15(11-9-12)19-17(20)16(13(2)18-19)14-6-4-3-5-7-14/h3-11,18H,1-2H3. The van der Waals surface area contributed by atoms with Crippen LogP contribution in [-0.4, -0.2) is 9.78 Å². The van der Waals surface area contributed by atoms with Crippen molar-refractivity contribution in [2.45, 2.75) is 13.8 Å². The molecule has 0 aliphatic carbocycles. The summed E-state index contributed by atoms with van der Waals surface area (Å²) < 4.78 is 1.59. The van der Waals surface area contributed by atoms with Crippen LogP contribution in [0.4, 0.5) is 0 Å². The zero-order chi connectivity index (χ0) is 14.1. The Hall–Kier alpha value is -2.55. The quantitative estimate of drug-likeness (QED) is 0.756. The Morgan fingerprint density at radius 2 is 1.55 bits per heavy atom. The van der Waals surface area contributed by atoms with Crippen LogP contribution in [0.15, 0.2) is 59.4 Å². The molecule has 3 aromatic rings. The molecule has 0 amide bonds. The zero-order valence-electron chi connectivity index (χ0n) is 11.6. The van der Waals surface area contributed by atoms with Crippen LogP contribution in [-0.2, 0) is 0 Å². The molecule has 0 saturated carbocycles. The van der Waals surface area contributed by atoms with Gasteiger partial charge >= 0.3 is 0 Å². The number of aryl methyl sites for hydroxylation is 2. The van der Waals surface area contributed by atoms with Gasteiger partial charge in [0.2, 0.25) is 0 Å². The first-order valence-corrected chi connectivity index (χ1v) is 6.61. The first kappa shape index (κ1) is 12.5. The Morgan fingerprint density at radius 3 is 2.20 bits per heavy atom. The molecule has 0 aliphatic heterocycles. The summed E-state index contributed by atoms with van der Waals surface area (Å²) in [6, 6.07) is 17.6. The summed E-state index contributed by atoms with van der Waals surface area (Å²) in [6.45, 7) is 3.95. The van der Waals surface area contributed by atoms with E-state index in [1.54, 1.807) is 4.68 Å². The van der Waals surface area contributed by atoms with Gasteiger partial charge in [0.15, 0.2) is 0 Å². The van der Waals surface area contributed by atoms with Gasteiger partial charge in [0.25, 0.3) is 5.56 Å². The monoisotopic (exact) mass is 264 g/mol. The number of nitrogens with one attached hydrogen (secondary N) is 1. The van der Waals surface area contributed by atoms with Gasteiger partial charge in [-0.25, -0.2) is 4.68 Å². The van der Waals surface area contributed by atoms with Crippen molar-refractivity contribution in [2.75, 3.05) is 0 Å². The smallest absolute Gasteiger partial charge is 0.279 e. The maximum absolute atomic E-state index is 12.6. The maximum Gasteiger partial charge on any atom is 0.279 e. The topological polar surface area (TPSA) is 37.8 Å². The van der Waals surface area contributed by atoms with Crippen LogP contribution in [0.5, 0.6) is 0 Å². The Labute approximate surface area is 117 Å². The fourth-order valence-electron chi connectivity index (χ4n) is 2.37. The number of aromatic nitrogens is 2. The molecule has 0 atom stereocenters. The molecule has 1 heterocycles. The number of H-pyrrole nitrogens is 1. The molecule has 1 aromatic heterocycles. The van der Waals surface area contributed by atoms with Crippen molar-refractivity contribution in [3.8, 4) is 16.8 Å². The fraction of sp³-hybridized carbons (Fsp3) is 0.118. The van der Waals surface area contributed by atoms with E-state index in [2.05, 4.69) is 5.10 Å². The van der Waals surface area contributed by atoms with Crippen molar-refractivity contribution in [1.29, 1.82) is 0 Å². The van der Waals surface area contributed by atoms with Gasteiger partial charge in [-0.1, -0.05) is 48.0 Å². The predicted octanol–water partition coefficient (Wildman–Crippen LogP) is 3.45. The Morgan fingerprint density at radius 1 is 0.900 bits per heavy atom. The molecule has 0 spiro atoms. The summed E-state index contributed by atoms with van der Waals surface area (Å²) in [6.07, 6.45) is 0. The summed E-state index contributed by atoms with van der Waals surface area (Å²) in [5.74, 6) is 0. The van der Waals surface area contributed by atoms with Gasteiger partial charge in [-0.15, -0.1) is 0 Å². The van der Waals surface area contributed by atoms with Gasteiger partial charge in [-0.2, -0.15) is 0 Å². The molecule has 1 N–H and O–H groups in total. The minimum atomic E-state index is -0.0162. The van der Waals surface area contributed by atoms with Crippen LogP contribution in [0.2, 0.25) is 0 Å². The van der Waals surface area contributed by atoms with Crippen LogP contribution in [0.25, 0.3) is 16.8 Å². The molecule has 0 fully saturated rings. The lowest BCUT2D eigenvalue weighted by atomic mass is 10.1. The number of hydrogen-bond acceptors (Lipinski definition) is 1. The molecule has 3 rings (SSSR count). The van der Waals surface area contributed by atoms with Gasteiger partial charge in [0.1, 0.15) is 0 Å². The first-order valence-electron chi connectivity index (χ1n) is 6.61. The molecule has 0 unspecified atom stereocenters. The van der Waals surface area contributed by atoms with Crippen LogP contribution < -0.4 is 5.56 Å². The zero-order valence-corrected chi connectivity index (χ0v) is 11.6. The molecule has 0 saturated heterocycles. The number of benzene rings is 2. The molecule has 2 aromatic carbocycles. The van der Waals surface area contributed by atoms with Crippen molar-refractivity contribution in [2.24, 2.45) is 0 Å². The van der Waals surface area contributed by atoms with Gasteiger partial charge in [0.05, 0.1) is 11.3 Å². The van der Waals surface area contributed by atoms with Gasteiger partial charge in [-0.3, -0.25) is 9.89 Å². The van der Waals surface area contributed by atoms with E-state index in [0.717, 1.165) is 22.5 Å². The summed E-state index contributed by atoms with van der Waals surface area (Å²) in [7, 11) is 0. The van der Waals surface area contributed by atoms with E-state index in [9.17, 15) is 4.79 Å². The summed E-state index contributed by atoms with van der Waals surface area (Å²) in [5.41, 5.74) is 4.56. The van der Waals surface area contributed by atoms with Crippen molar-refractivity contribution >= 4 is 0 Å². The molecule has 3 heteroatoms. The van der Waals surface area contributed by atoms with Crippen LogP contribution in [0.3, 0.4) is 0 Å². The molecule has 0 radical (unpaired) electrons. The van der Waals surface area contributed by atoms with E-state index in [1.807, 2.05) is 68.4 Å². The highest BCUT2D eigenvalue weighted by Gasteiger charge is 2.13. The number of hydrogen-bond donors (Lipinski definition) is 1. The lowest BCUT2D eigenvalue weighted by molar-refractivity contribution is 0.835. The number of nitrogens with zero attached hydrogens (tertiary/aromatic N) is 1. The van der Waals surface area contributed by atoms with E-state index >= 15 is 0 Å². The molecule has 100 valence electrons. The molecule has 3 nitrogen and oxygen atoms in total. The van der Waals surface area contributed by atoms with Crippen LogP contribution in [0.1, 0.15) is 11.3 Å². The lowest BCUT2D eigenvalue weighted by Gasteiger charge is -2.01. The van der Waals surface area contributed by atoms with E-state index in [0.29, 0.717) is 0 Å². The SMILES string of the molecule is Cc1ccc(-n2[nH]c(C)c(-c3ccccc3)c2=O)cc1. The Kier molecular flexibility index (Phi) is 3.03. The molecular formula is C17H16N2O. The van der Waals surface area contributed by atoms with E-state index in [4.69, 9.17) is 0 Å². The molecule has 0 aliphatic rings. The van der Waals surface area contributed by atoms with E-state index in [-0.39, 0.29) is 5.56 Å². The number of rotatable bonds is 2. The van der Waals surface area contributed by atoms with Crippen molar-refractivity contribution in [3.05, 3.63) is 76.2 Å². The average Bonchev–Trinajstić information content (AvgIpc) is 2.76. The van der Waals surface area contributed by atoms with Crippen molar-refractivity contribution in [3.63, 3.8) is 0 Å². The summed E-state index contributed by atoms with van der Waals surface area (Å²) >= 11 is 0. The Bertz CT molecular complexity index is 780. The van der Waals surface area contributed by atoms with Gasteiger partial charge < -0.3 is 0 Å². The average molecular weight is 264 g/mol. The third kappa shape index (κ3) is 2.07. The van der Waals surface area contributed by atoms with Crippen molar-refractivity contribution < 1.29 is 0 Å². The third-order valence-corrected chi connectivity index (χ3v) is 3.43. The van der Waals surface area contributed by atoms with Gasteiger partial charge in [-0.05, 0) is 31.5 Å². The second-order valence-corrected chi connectivity index (χ2v) is 4.95. The summed E-state index contributed by atoms with van der Waals surface area (Å²) in [4.78, 5) is 12.6. The largest absolute Gasteiger partial charge is 0.295 e. The minimum absolute atomic E-state index is 0.0162. The van der Waals surface area contributed by atoms with E-state index in [1.165, 1.54) is 5.56 Å². The maximum atomic E-state index is 12.6. The Balaban J connectivity index is 2.17. The van der Waals surface area contributed by atoms with E-state index < -0.39 is 0 Å². The highest BCUT2D eigenvalue weighted by Crippen LogP contribution is 2.19. The molecular weight excluding hydrogens is 248 g/mol. The highest BCUT2D eigenvalue weighted by molar-refractivity contribution is 5.65. The normalized spacial score (nSPS) is 10.7. The first-order chi connectivity index (χ1) is 9.66. The summed E-state index contributed by atoms with van der Waals surface area (Å²) in [5, 5.41) is 3.15. The van der Waals surface area contributed by atoms with Gasteiger partial charge in [0, 0.05) is 5.69 Å². The van der Waals surface area contributed by atoms with Crippen LogP contribution in [0, 0.1) is 13.8 Å². The molecule has 0 bridgehead atoms. The second-order valence-electron chi connectivity index (χ2n) is 4.95. The minimum Gasteiger partial charge on any atom is -0.295 e. The predicted molar refractivity (Wildman–Crippen MR) is 81.3 cm³/mol. The van der Waals surface area contributed by atoms with Crippen LogP contribution >= 0.6 is 0 Å². The number of aromatic amines is 1. The second kappa shape index (κ2) is 4.85. The third-order valence-electron chi connectivity index (χ3n) is 3.43. The van der Waals surface area contributed by atoms with Crippen molar-refractivity contribution in [1.82, 2.24) is 9.78 Å².